The van der Waals surface area contributed by atoms with Gasteiger partial charge in [0.05, 0.1) is 47.8 Å². The lowest BCUT2D eigenvalue weighted by Gasteiger charge is -2.33. The van der Waals surface area contributed by atoms with E-state index >= 15 is 0 Å². The summed E-state index contributed by atoms with van der Waals surface area (Å²) in [6, 6.07) is 9.60. The molecule has 1 fully saturated rings. The van der Waals surface area contributed by atoms with Crippen LogP contribution in [0.3, 0.4) is 0 Å². The molecule has 1 aromatic carbocycles. The zero-order valence-electron chi connectivity index (χ0n) is 25.7. The Morgan fingerprint density at radius 1 is 1.11 bits per heavy atom. The van der Waals surface area contributed by atoms with Gasteiger partial charge in [-0.05, 0) is 55.5 Å². The van der Waals surface area contributed by atoms with Crippen molar-refractivity contribution in [3.8, 4) is 17.1 Å². The number of imidazole rings is 1. The standard InChI is InChI=1S/C31H40N8O5/c1-20(6-5-13-44-28-24(17-33-36(28)3)26-16-23(29(40)43-4)14-21(2)34-26)18-39-27-15-22(7-8-25(27)35-30(39)32)19-37-9-11-38(12-10-37)31(41)42/h7-8,14-17,20H,5-6,9-13,18-19H2,1-4H3,(H2,32,35)(H,41,42). The van der Waals surface area contributed by atoms with Crippen LogP contribution in [0.1, 0.15) is 41.4 Å². The molecule has 1 saturated heterocycles. The van der Waals surface area contributed by atoms with Crippen LogP contribution in [0, 0.1) is 12.8 Å². The van der Waals surface area contributed by atoms with Crippen molar-refractivity contribution in [3.63, 3.8) is 0 Å². The third-order valence-corrected chi connectivity index (χ3v) is 8.00. The molecular weight excluding hydrogens is 564 g/mol. The van der Waals surface area contributed by atoms with E-state index in [1.807, 2.05) is 20.0 Å². The van der Waals surface area contributed by atoms with Crippen LogP contribution >= 0.6 is 0 Å². The van der Waals surface area contributed by atoms with Gasteiger partial charge in [-0.3, -0.25) is 9.88 Å². The zero-order valence-corrected chi connectivity index (χ0v) is 25.7. The summed E-state index contributed by atoms with van der Waals surface area (Å²) < 4.78 is 14.8. The first-order chi connectivity index (χ1) is 21.1. The summed E-state index contributed by atoms with van der Waals surface area (Å²) in [6.45, 7) is 8.45. The maximum absolute atomic E-state index is 12.1. The number of carbonyl (C=O) groups excluding carboxylic acids is 1. The van der Waals surface area contributed by atoms with Crippen molar-refractivity contribution in [1.82, 2.24) is 34.1 Å². The third kappa shape index (κ3) is 6.94. The summed E-state index contributed by atoms with van der Waals surface area (Å²) in [5.74, 6) is 0.980. The highest BCUT2D eigenvalue weighted by Gasteiger charge is 2.21. The summed E-state index contributed by atoms with van der Waals surface area (Å²) in [5, 5.41) is 13.6. The molecule has 1 aliphatic rings. The number of pyridine rings is 1. The molecule has 3 N–H and O–H groups in total. The molecule has 13 heteroatoms. The van der Waals surface area contributed by atoms with Gasteiger partial charge in [0.15, 0.2) is 0 Å². The molecule has 13 nitrogen and oxygen atoms in total. The van der Waals surface area contributed by atoms with E-state index in [4.69, 9.17) is 15.2 Å². The van der Waals surface area contributed by atoms with Crippen molar-refractivity contribution in [2.24, 2.45) is 13.0 Å². The van der Waals surface area contributed by atoms with E-state index in [9.17, 15) is 14.7 Å². The molecule has 1 atom stereocenters. The Kier molecular flexibility index (Phi) is 9.33. The molecule has 1 unspecified atom stereocenters. The predicted molar refractivity (Wildman–Crippen MR) is 165 cm³/mol. The number of hydrogen-bond acceptors (Lipinski definition) is 9. The van der Waals surface area contributed by atoms with Gasteiger partial charge < -0.3 is 29.8 Å². The van der Waals surface area contributed by atoms with E-state index in [-0.39, 0.29) is 0 Å². The minimum atomic E-state index is -0.858. The topological polar surface area (TPSA) is 154 Å². The lowest BCUT2D eigenvalue weighted by Crippen LogP contribution is -2.47. The lowest BCUT2D eigenvalue weighted by molar-refractivity contribution is 0.0600. The monoisotopic (exact) mass is 604 g/mol. The Morgan fingerprint density at radius 2 is 1.89 bits per heavy atom. The van der Waals surface area contributed by atoms with Crippen molar-refractivity contribution in [1.29, 1.82) is 0 Å². The number of esters is 1. The van der Waals surface area contributed by atoms with Crippen LogP contribution in [0.25, 0.3) is 22.3 Å². The quantitative estimate of drug-likeness (QED) is 0.191. The van der Waals surface area contributed by atoms with Crippen LogP contribution in [0.15, 0.2) is 36.5 Å². The van der Waals surface area contributed by atoms with Crippen LogP contribution in [-0.2, 0) is 24.9 Å². The van der Waals surface area contributed by atoms with E-state index in [2.05, 4.69) is 43.6 Å². The maximum atomic E-state index is 12.1. The fraction of sp³-hybridized carbons (Fsp3) is 0.452. The number of methoxy groups -OCH3 is 1. The van der Waals surface area contributed by atoms with Gasteiger partial charge in [-0.1, -0.05) is 13.0 Å². The SMILES string of the molecule is COC(=O)c1cc(C)nc(-c2cnn(C)c2OCCCC(C)Cn2c(N)nc3ccc(CN4CCN(C(=O)O)CC4)cc32)c1. The first kappa shape index (κ1) is 30.8. The van der Waals surface area contributed by atoms with Crippen LogP contribution < -0.4 is 10.5 Å². The fourth-order valence-electron chi connectivity index (χ4n) is 5.65. The summed E-state index contributed by atoms with van der Waals surface area (Å²) >= 11 is 0. The predicted octanol–water partition coefficient (Wildman–Crippen LogP) is 3.80. The molecule has 3 aromatic heterocycles. The van der Waals surface area contributed by atoms with Crippen LogP contribution in [0.2, 0.25) is 0 Å². The van der Waals surface area contributed by atoms with E-state index in [0.717, 1.165) is 42.5 Å². The van der Waals surface area contributed by atoms with E-state index in [0.29, 0.717) is 73.0 Å². The van der Waals surface area contributed by atoms with E-state index in [1.54, 1.807) is 23.0 Å². The summed E-state index contributed by atoms with van der Waals surface area (Å²) in [5.41, 5.74) is 11.8. The first-order valence-corrected chi connectivity index (χ1v) is 14.8. The third-order valence-electron chi connectivity index (χ3n) is 8.00. The molecule has 0 radical (unpaired) electrons. The number of fused-ring (bicyclic) bond motifs is 1. The van der Waals surface area contributed by atoms with Gasteiger partial charge in [-0.15, -0.1) is 0 Å². The number of nitrogen functional groups attached to an aromatic ring is 1. The number of nitrogens with two attached hydrogens (primary N) is 1. The fourth-order valence-corrected chi connectivity index (χ4v) is 5.65. The van der Waals surface area contributed by atoms with Gasteiger partial charge in [0.25, 0.3) is 0 Å². The van der Waals surface area contributed by atoms with Gasteiger partial charge in [0.2, 0.25) is 11.8 Å². The molecule has 0 spiro atoms. The number of carboxylic acid groups (broad SMARTS) is 1. The van der Waals surface area contributed by atoms with Gasteiger partial charge in [0, 0.05) is 52.0 Å². The number of carbonyl (C=O) groups is 2. The van der Waals surface area contributed by atoms with Crippen molar-refractivity contribution in [2.75, 3.05) is 45.6 Å². The second kappa shape index (κ2) is 13.3. The van der Waals surface area contributed by atoms with Crippen LogP contribution in [-0.4, -0.2) is 91.2 Å². The molecule has 44 heavy (non-hydrogen) atoms. The van der Waals surface area contributed by atoms with Crippen molar-refractivity contribution in [3.05, 3.63) is 53.3 Å². The molecule has 0 aliphatic carbocycles. The molecule has 5 rings (SSSR count). The minimum Gasteiger partial charge on any atom is -0.477 e. The number of amides is 1. The molecule has 234 valence electrons. The first-order valence-electron chi connectivity index (χ1n) is 14.8. The zero-order chi connectivity index (χ0) is 31.4. The molecule has 0 bridgehead atoms. The van der Waals surface area contributed by atoms with E-state index < -0.39 is 12.1 Å². The van der Waals surface area contributed by atoms with Gasteiger partial charge in [-0.2, -0.15) is 5.10 Å². The highest BCUT2D eigenvalue weighted by Crippen LogP contribution is 2.30. The number of piperazine rings is 1. The van der Waals surface area contributed by atoms with Crippen molar-refractivity contribution in [2.45, 2.75) is 39.8 Å². The summed E-state index contributed by atoms with van der Waals surface area (Å²) in [4.78, 5) is 36.2. The number of benzene rings is 1. The maximum Gasteiger partial charge on any atom is 0.407 e. The number of rotatable bonds is 11. The van der Waals surface area contributed by atoms with Gasteiger partial charge >= 0.3 is 12.1 Å². The number of aromatic nitrogens is 5. The molecule has 4 aromatic rings. The number of hydrogen-bond donors (Lipinski definition) is 2. The Labute approximate surface area is 256 Å². The summed E-state index contributed by atoms with van der Waals surface area (Å²) in [6.07, 6.45) is 2.57. The Hall–Kier alpha value is -4.65. The number of nitrogens with zero attached hydrogens (tertiary/aromatic N) is 7. The average molecular weight is 605 g/mol. The number of ether oxygens (including phenoxy) is 2. The second-order valence-corrected chi connectivity index (χ2v) is 11.4. The summed E-state index contributed by atoms with van der Waals surface area (Å²) in [7, 11) is 3.17. The highest BCUT2D eigenvalue weighted by atomic mass is 16.5. The molecule has 4 heterocycles. The molecule has 1 aliphatic heterocycles. The minimum absolute atomic E-state index is 0.318. The van der Waals surface area contributed by atoms with Crippen LogP contribution in [0.4, 0.5) is 10.7 Å². The average Bonchev–Trinajstić information content (AvgIpc) is 3.52. The highest BCUT2D eigenvalue weighted by molar-refractivity contribution is 5.91. The Balaban J connectivity index is 1.18. The smallest absolute Gasteiger partial charge is 0.407 e. The van der Waals surface area contributed by atoms with Crippen molar-refractivity contribution >= 4 is 29.0 Å². The molecule has 1 amide bonds. The molecular formula is C31H40N8O5. The lowest BCUT2D eigenvalue weighted by atomic mass is 10.1. The molecule has 0 saturated carbocycles. The largest absolute Gasteiger partial charge is 0.477 e. The Bertz CT molecular complexity index is 1640. The van der Waals surface area contributed by atoms with Gasteiger partial charge in [-0.25, -0.2) is 19.3 Å². The Morgan fingerprint density at radius 3 is 2.61 bits per heavy atom. The van der Waals surface area contributed by atoms with Crippen molar-refractivity contribution < 1.29 is 24.2 Å². The van der Waals surface area contributed by atoms with E-state index in [1.165, 1.54) is 12.0 Å². The second-order valence-electron chi connectivity index (χ2n) is 11.4. The van der Waals surface area contributed by atoms with Gasteiger partial charge in [0.1, 0.15) is 0 Å². The number of aryl methyl sites for hydroxylation is 2. The normalized spacial score (nSPS) is 14.6. The number of anilines is 1. The van der Waals surface area contributed by atoms with Crippen LogP contribution in [0.5, 0.6) is 5.88 Å².